The fourth-order valence-corrected chi connectivity index (χ4v) is 2.41. The van der Waals surface area contributed by atoms with Crippen molar-refractivity contribution in [1.29, 1.82) is 0 Å². The van der Waals surface area contributed by atoms with Crippen LogP contribution in [0.25, 0.3) is 0 Å². The van der Waals surface area contributed by atoms with Gasteiger partial charge in [-0.05, 0) is 19.4 Å². The summed E-state index contributed by atoms with van der Waals surface area (Å²) in [5.74, 6) is 1.13. The molecule has 1 aliphatic heterocycles. The summed E-state index contributed by atoms with van der Waals surface area (Å²) in [5, 5.41) is 0. The normalized spacial score (nSPS) is 28.0. The summed E-state index contributed by atoms with van der Waals surface area (Å²) in [6, 6.07) is 0. The molecule has 2 N–H and O–H groups in total. The van der Waals surface area contributed by atoms with Gasteiger partial charge in [0.25, 0.3) is 0 Å². The Labute approximate surface area is 80.2 Å². The first kappa shape index (κ1) is 12.3. The molecule has 74 valence electrons. The zero-order valence-electron chi connectivity index (χ0n) is 8.43. The van der Waals surface area contributed by atoms with Crippen LogP contribution >= 0.6 is 11.8 Å². The molecule has 1 rings (SSSR count). The molecule has 12 heavy (non-hydrogen) atoms. The van der Waals surface area contributed by atoms with Crippen LogP contribution in [0.3, 0.4) is 0 Å². The zero-order chi connectivity index (χ0) is 9.45. The van der Waals surface area contributed by atoms with Gasteiger partial charge in [0.05, 0.1) is 6.61 Å². The van der Waals surface area contributed by atoms with Gasteiger partial charge in [0.15, 0.2) is 0 Å². The number of ether oxygens (including phenoxy) is 1. The summed E-state index contributed by atoms with van der Waals surface area (Å²) >= 11 is 1.91. The van der Waals surface area contributed by atoms with Crippen LogP contribution in [0.2, 0.25) is 0 Å². The van der Waals surface area contributed by atoms with Crippen molar-refractivity contribution < 1.29 is 4.74 Å². The Kier molecular flexibility index (Phi) is 6.90. The summed E-state index contributed by atoms with van der Waals surface area (Å²) in [6.45, 7) is 7.80. The Morgan fingerprint density at radius 3 is 2.50 bits per heavy atom. The SMILES string of the molecule is CC.CCC1(CCN)OCCS1. The molecule has 0 aromatic rings. The quantitative estimate of drug-likeness (QED) is 0.743. The monoisotopic (exact) mass is 191 g/mol. The van der Waals surface area contributed by atoms with E-state index in [9.17, 15) is 0 Å². The van der Waals surface area contributed by atoms with Crippen molar-refractivity contribution in [3.05, 3.63) is 0 Å². The maximum atomic E-state index is 5.61. The van der Waals surface area contributed by atoms with E-state index in [0.29, 0.717) is 0 Å². The van der Waals surface area contributed by atoms with Crippen molar-refractivity contribution in [2.24, 2.45) is 5.73 Å². The van der Waals surface area contributed by atoms with Gasteiger partial charge >= 0.3 is 0 Å². The summed E-state index contributed by atoms with van der Waals surface area (Å²) < 4.78 is 5.61. The van der Waals surface area contributed by atoms with E-state index in [1.54, 1.807) is 0 Å². The van der Waals surface area contributed by atoms with E-state index >= 15 is 0 Å². The summed E-state index contributed by atoms with van der Waals surface area (Å²) in [5.41, 5.74) is 5.48. The summed E-state index contributed by atoms with van der Waals surface area (Å²) in [7, 11) is 0. The molecule has 0 amide bonds. The lowest BCUT2D eigenvalue weighted by Gasteiger charge is -2.24. The van der Waals surface area contributed by atoms with E-state index < -0.39 is 0 Å². The third-order valence-electron chi connectivity index (χ3n) is 1.88. The van der Waals surface area contributed by atoms with Crippen LogP contribution in [0.4, 0.5) is 0 Å². The van der Waals surface area contributed by atoms with Crippen LogP contribution in [0.5, 0.6) is 0 Å². The van der Waals surface area contributed by atoms with Gasteiger partial charge in [-0.2, -0.15) is 0 Å². The molecule has 0 saturated carbocycles. The lowest BCUT2D eigenvalue weighted by atomic mass is 10.2. The van der Waals surface area contributed by atoms with Crippen molar-refractivity contribution in [2.75, 3.05) is 18.9 Å². The van der Waals surface area contributed by atoms with E-state index in [0.717, 1.165) is 31.7 Å². The van der Waals surface area contributed by atoms with Gasteiger partial charge in [0.2, 0.25) is 0 Å². The van der Waals surface area contributed by atoms with Gasteiger partial charge in [0, 0.05) is 5.75 Å². The molecular weight excluding hydrogens is 170 g/mol. The smallest absolute Gasteiger partial charge is 0.114 e. The Balaban J connectivity index is 0.000000561. The molecule has 1 unspecified atom stereocenters. The third-order valence-corrected chi connectivity index (χ3v) is 3.39. The largest absolute Gasteiger partial charge is 0.363 e. The molecule has 1 fully saturated rings. The number of nitrogens with two attached hydrogens (primary N) is 1. The first-order valence-electron chi connectivity index (χ1n) is 4.81. The topological polar surface area (TPSA) is 35.2 Å². The van der Waals surface area contributed by atoms with E-state index in [1.807, 2.05) is 25.6 Å². The van der Waals surface area contributed by atoms with Crippen molar-refractivity contribution in [3.8, 4) is 0 Å². The molecular formula is C9H21NOS. The van der Waals surface area contributed by atoms with Gasteiger partial charge in [-0.1, -0.05) is 20.8 Å². The minimum Gasteiger partial charge on any atom is -0.363 e. The predicted molar refractivity (Wildman–Crippen MR) is 56.5 cm³/mol. The van der Waals surface area contributed by atoms with Crippen LogP contribution in [-0.4, -0.2) is 23.8 Å². The average Bonchev–Trinajstić information content (AvgIpc) is 2.58. The first-order chi connectivity index (χ1) is 5.83. The van der Waals surface area contributed by atoms with Crippen LogP contribution < -0.4 is 5.73 Å². The van der Waals surface area contributed by atoms with E-state index in [4.69, 9.17) is 10.5 Å². The van der Waals surface area contributed by atoms with E-state index in [-0.39, 0.29) is 4.93 Å². The highest BCUT2D eigenvalue weighted by Gasteiger charge is 2.32. The molecule has 0 bridgehead atoms. The summed E-state index contributed by atoms with van der Waals surface area (Å²) in [4.78, 5) is 0.0781. The Hall–Kier alpha value is 0.270. The summed E-state index contributed by atoms with van der Waals surface area (Å²) in [6.07, 6.45) is 2.07. The molecule has 1 atom stereocenters. The van der Waals surface area contributed by atoms with Crippen LogP contribution in [-0.2, 0) is 4.74 Å². The molecule has 0 aliphatic carbocycles. The minimum absolute atomic E-state index is 0.0781. The molecule has 0 spiro atoms. The number of thioether (sulfide) groups is 1. The second-order valence-electron chi connectivity index (χ2n) is 2.50. The zero-order valence-corrected chi connectivity index (χ0v) is 9.25. The highest BCUT2D eigenvalue weighted by molar-refractivity contribution is 8.00. The second kappa shape index (κ2) is 6.75. The highest BCUT2D eigenvalue weighted by atomic mass is 32.2. The van der Waals surface area contributed by atoms with Gasteiger partial charge in [0.1, 0.15) is 4.93 Å². The van der Waals surface area contributed by atoms with Gasteiger partial charge < -0.3 is 10.5 Å². The lowest BCUT2D eigenvalue weighted by molar-refractivity contribution is 0.0441. The third kappa shape index (κ3) is 3.33. The van der Waals surface area contributed by atoms with E-state index in [1.165, 1.54) is 0 Å². The molecule has 1 aliphatic rings. The highest BCUT2D eigenvalue weighted by Crippen LogP contribution is 2.38. The number of hydrogen-bond acceptors (Lipinski definition) is 3. The fraction of sp³-hybridized carbons (Fsp3) is 1.00. The first-order valence-corrected chi connectivity index (χ1v) is 5.79. The maximum Gasteiger partial charge on any atom is 0.114 e. The van der Waals surface area contributed by atoms with Crippen molar-refractivity contribution in [2.45, 2.75) is 38.5 Å². The fourth-order valence-electron chi connectivity index (χ4n) is 1.24. The molecule has 0 aromatic heterocycles. The van der Waals surface area contributed by atoms with Gasteiger partial charge in [-0.25, -0.2) is 0 Å². The predicted octanol–water partition coefficient (Wildman–Crippen LogP) is 2.23. The van der Waals surface area contributed by atoms with Crippen LogP contribution in [0.1, 0.15) is 33.6 Å². The minimum atomic E-state index is 0.0781. The molecule has 1 heterocycles. The van der Waals surface area contributed by atoms with Crippen LogP contribution in [0, 0.1) is 0 Å². The Morgan fingerprint density at radius 1 is 1.50 bits per heavy atom. The second-order valence-corrected chi connectivity index (χ2v) is 3.94. The van der Waals surface area contributed by atoms with Crippen molar-refractivity contribution >= 4 is 11.8 Å². The molecule has 1 saturated heterocycles. The number of rotatable bonds is 3. The maximum absolute atomic E-state index is 5.61. The Bertz CT molecular complexity index is 103. The van der Waals surface area contributed by atoms with Gasteiger partial charge in [-0.15, -0.1) is 11.8 Å². The van der Waals surface area contributed by atoms with E-state index in [2.05, 4.69) is 6.92 Å². The number of hydrogen-bond donors (Lipinski definition) is 1. The standard InChI is InChI=1S/C7H15NOS.C2H6/c1-2-7(3-4-8)9-5-6-10-7;1-2/h2-6,8H2,1H3;1-2H3. The van der Waals surface area contributed by atoms with Crippen molar-refractivity contribution in [1.82, 2.24) is 0 Å². The Morgan fingerprint density at radius 2 is 2.17 bits per heavy atom. The molecule has 2 nitrogen and oxygen atoms in total. The van der Waals surface area contributed by atoms with Crippen LogP contribution in [0.15, 0.2) is 0 Å². The van der Waals surface area contributed by atoms with Gasteiger partial charge in [-0.3, -0.25) is 0 Å². The lowest BCUT2D eigenvalue weighted by Crippen LogP contribution is -2.26. The molecule has 0 radical (unpaired) electrons. The molecule has 0 aromatic carbocycles. The molecule has 3 heteroatoms. The van der Waals surface area contributed by atoms with Crippen molar-refractivity contribution in [3.63, 3.8) is 0 Å². The average molecular weight is 191 g/mol.